The number of halogens is 2. The molecule has 3 N–H and O–H groups in total. The number of aromatic amines is 1. The smallest absolute Gasteiger partial charge is 0.335 e. The number of aromatic hydroxyl groups is 1. The Morgan fingerprint density at radius 2 is 1.70 bits per heavy atom. The molecule has 0 aliphatic rings. The molecule has 166 valence electrons. The van der Waals surface area contributed by atoms with E-state index >= 15 is 0 Å². The predicted octanol–water partition coefficient (Wildman–Crippen LogP) is 4.60. The third-order valence-corrected chi connectivity index (χ3v) is 5.39. The maximum Gasteiger partial charge on any atom is 0.335 e. The molecule has 0 saturated carbocycles. The molecular formula is C24H18Cl2N4O3. The van der Waals surface area contributed by atoms with E-state index in [-0.39, 0.29) is 23.6 Å². The van der Waals surface area contributed by atoms with Crippen molar-refractivity contribution in [1.82, 2.24) is 9.55 Å². The highest BCUT2D eigenvalue weighted by Gasteiger charge is 2.21. The number of H-pyrrole nitrogens is 1. The fourth-order valence-electron chi connectivity index (χ4n) is 3.22. The van der Waals surface area contributed by atoms with Crippen molar-refractivity contribution in [3.8, 4) is 11.6 Å². The van der Waals surface area contributed by atoms with Gasteiger partial charge in [-0.25, -0.2) is 9.36 Å². The van der Waals surface area contributed by atoms with Crippen molar-refractivity contribution >= 4 is 34.7 Å². The molecule has 0 fully saturated rings. The minimum absolute atomic E-state index is 0.0654. The summed E-state index contributed by atoms with van der Waals surface area (Å²) in [5, 5.41) is 15.0. The summed E-state index contributed by atoms with van der Waals surface area (Å²) in [5.41, 5.74) is -0.163. The van der Waals surface area contributed by atoms with Crippen LogP contribution in [0.15, 0.2) is 93.4 Å². The average molecular weight is 481 g/mol. The highest BCUT2D eigenvalue weighted by molar-refractivity contribution is 6.31. The molecule has 4 aromatic rings. The lowest BCUT2D eigenvalue weighted by Gasteiger charge is -2.15. The maximum absolute atomic E-state index is 12.8. The minimum atomic E-state index is -0.811. The fraction of sp³-hybridized carbons (Fsp3) is 0.0417. The number of para-hydroxylation sites is 1. The monoisotopic (exact) mass is 480 g/mol. The van der Waals surface area contributed by atoms with Crippen molar-refractivity contribution in [2.24, 2.45) is 4.99 Å². The molecule has 0 radical (unpaired) electrons. The molecule has 0 bridgehead atoms. The number of nitrogens with zero attached hydrogens (tertiary/aromatic N) is 2. The van der Waals surface area contributed by atoms with Crippen LogP contribution < -0.4 is 16.6 Å². The van der Waals surface area contributed by atoms with Crippen molar-refractivity contribution in [3.63, 3.8) is 0 Å². The van der Waals surface area contributed by atoms with Gasteiger partial charge in [0.25, 0.3) is 5.56 Å². The summed E-state index contributed by atoms with van der Waals surface area (Å²) in [4.78, 5) is 32.1. The highest BCUT2D eigenvalue weighted by Crippen LogP contribution is 2.22. The largest absolute Gasteiger partial charge is 0.493 e. The van der Waals surface area contributed by atoms with E-state index in [4.69, 9.17) is 23.2 Å². The summed E-state index contributed by atoms with van der Waals surface area (Å²) in [6.45, 7) is 0.129. The van der Waals surface area contributed by atoms with E-state index in [9.17, 15) is 14.7 Å². The average Bonchev–Trinajstić information content (AvgIpc) is 2.78. The standard InChI is InChI=1S/C24H18Cl2N4O3/c25-16-8-6-11-18(13-16)30-23(32)20(22(31)29-24(30)33)21(28-17-9-2-1-3-10-17)27-14-15-7-4-5-12-19(15)26/h1-13,32H,14H2,(H,27,28)(H,29,31,33). The fourth-order valence-corrected chi connectivity index (χ4v) is 3.60. The molecule has 0 amide bonds. The Kier molecular flexibility index (Phi) is 6.63. The number of rotatable bonds is 5. The number of anilines is 1. The van der Waals surface area contributed by atoms with Gasteiger partial charge in [0.2, 0.25) is 5.88 Å². The normalized spacial score (nSPS) is 11.4. The second-order valence-corrected chi connectivity index (χ2v) is 7.86. The first kappa shape index (κ1) is 22.4. The van der Waals surface area contributed by atoms with Crippen molar-refractivity contribution in [1.29, 1.82) is 0 Å². The van der Waals surface area contributed by atoms with Crippen LogP contribution in [0.1, 0.15) is 11.1 Å². The van der Waals surface area contributed by atoms with Gasteiger partial charge in [0.1, 0.15) is 11.4 Å². The van der Waals surface area contributed by atoms with Crippen LogP contribution in [-0.2, 0) is 6.54 Å². The van der Waals surface area contributed by atoms with Gasteiger partial charge in [-0.05, 0) is 42.0 Å². The molecule has 3 aromatic carbocycles. The van der Waals surface area contributed by atoms with Crippen LogP contribution in [0, 0.1) is 0 Å². The Morgan fingerprint density at radius 3 is 2.42 bits per heavy atom. The number of hydrogen-bond donors (Lipinski definition) is 3. The van der Waals surface area contributed by atoms with Crippen molar-refractivity contribution in [2.75, 3.05) is 5.32 Å². The van der Waals surface area contributed by atoms with Gasteiger partial charge in [0.15, 0.2) is 0 Å². The van der Waals surface area contributed by atoms with Gasteiger partial charge in [0.05, 0.1) is 12.2 Å². The number of hydrogen-bond acceptors (Lipinski definition) is 4. The van der Waals surface area contributed by atoms with E-state index in [0.717, 1.165) is 10.1 Å². The molecule has 0 saturated heterocycles. The number of benzene rings is 3. The molecular weight excluding hydrogens is 463 g/mol. The Balaban J connectivity index is 1.88. The second kappa shape index (κ2) is 9.77. The maximum atomic E-state index is 12.8. The quantitative estimate of drug-likeness (QED) is 0.287. The van der Waals surface area contributed by atoms with Gasteiger partial charge in [0, 0.05) is 15.7 Å². The van der Waals surface area contributed by atoms with Gasteiger partial charge in [-0.15, -0.1) is 0 Å². The Bertz CT molecular complexity index is 1450. The highest BCUT2D eigenvalue weighted by atomic mass is 35.5. The molecule has 9 heteroatoms. The molecule has 0 aliphatic heterocycles. The summed E-state index contributed by atoms with van der Waals surface area (Å²) < 4.78 is 0.959. The Hall–Kier alpha value is -3.81. The lowest BCUT2D eigenvalue weighted by atomic mass is 10.2. The zero-order chi connectivity index (χ0) is 23.4. The lowest BCUT2D eigenvalue weighted by molar-refractivity contribution is 0.429. The SMILES string of the molecule is O=c1[nH]c(=O)n(-c2cccc(Cl)c2)c(O)c1C(=NCc1ccccc1Cl)Nc1ccccc1. The van der Waals surface area contributed by atoms with Crippen LogP contribution in [0.4, 0.5) is 5.69 Å². The van der Waals surface area contributed by atoms with Crippen LogP contribution in [-0.4, -0.2) is 20.5 Å². The van der Waals surface area contributed by atoms with E-state index in [0.29, 0.717) is 15.7 Å². The molecule has 7 nitrogen and oxygen atoms in total. The van der Waals surface area contributed by atoms with E-state index in [1.807, 2.05) is 30.3 Å². The lowest BCUT2D eigenvalue weighted by Crippen LogP contribution is -2.35. The van der Waals surface area contributed by atoms with E-state index in [1.54, 1.807) is 42.5 Å². The molecule has 0 unspecified atom stereocenters. The van der Waals surface area contributed by atoms with Gasteiger partial charge in [-0.3, -0.25) is 14.8 Å². The first-order chi connectivity index (χ1) is 15.9. The molecule has 0 spiro atoms. The van der Waals surface area contributed by atoms with Gasteiger partial charge in [-0.1, -0.05) is 65.7 Å². The number of aromatic nitrogens is 2. The minimum Gasteiger partial charge on any atom is -0.493 e. The number of amidine groups is 1. The van der Waals surface area contributed by atoms with Gasteiger partial charge >= 0.3 is 5.69 Å². The first-order valence-corrected chi connectivity index (χ1v) is 10.6. The van der Waals surface area contributed by atoms with Crippen LogP contribution in [0.25, 0.3) is 5.69 Å². The summed E-state index contributed by atoms with van der Waals surface area (Å²) in [7, 11) is 0. The van der Waals surface area contributed by atoms with E-state index in [2.05, 4.69) is 15.3 Å². The zero-order valence-electron chi connectivity index (χ0n) is 17.1. The van der Waals surface area contributed by atoms with Gasteiger partial charge < -0.3 is 10.4 Å². The Labute approximate surface area is 198 Å². The summed E-state index contributed by atoms with van der Waals surface area (Å²) >= 11 is 12.3. The third kappa shape index (κ3) is 5.00. The molecule has 1 aromatic heterocycles. The molecule has 4 rings (SSSR count). The number of nitrogens with one attached hydrogen (secondary N) is 2. The van der Waals surface area contributed by atoms with Gasteiger partial charge in [-0.2, -0.15) is 0 Å². The third-order valence-electron chi connectivity index (χ3n) is 4.79. The Morgan fingerprint density at radius 1 is 0.970 bits per heavy atom. The summed E-state index contributed by atoms with van der Waals surface area (Å²) in [6, 6.07) is 22.5. The van der Waals surface area contributed by atoms with E-state index < -0.39 is 17.1 Å². The second-order valence-electron chi connectivity index (χ2n) is 7.02. The van der Waals surface area contributed by atoms with Crippen LogP contribution in [0.5, 0.6) is 5.88 Å². The molecule has 0 atom stereocenters. The van der Waals surface area contributed by atoms with Crippen molar-refractivity contribution < 1.29 is 5.11 Å². The van der Waals surface area contributed by atoms with Crippen LogP contribution >= 0.6 is 23.2 Å². The van der Waals surface area contributed by atoms with Crippen LogP contribution in [0.2, 0.25) is 10.0 Å². The van der Waals surface area contributed by atoms with E-state index in [1.165, 1.54) is 6.07 Å². The van der Waals surface area contributed by atoms with Crippen LogP contribution in [0.3, 0.4) is 0 Å². The predicted molar refractivity (Wildman–Crippen MR) is 131 cm³/mol. The summed E-state index contributed by atoms with van der Waals surface area (Å²) in [5.74, 6) is -0.511. The van der Waals surface area contributed by atoms with Crippen molar-refractivity contribution in [3.05, 3.63) is 121 Å². The topological polar surface area (TPSA) is 99.5 Å². The first-order valence-electron chi connectivity index (χ1n) is 9.88. The molecule has 1 heterocycles. The molecule has 33 heavy (non-hydrogen) atoms. The number of aliphatic imine (C=N–C) groups is 1. The zero-order valence-corrected chi connectivity index (χ0v) is 18.6. The molecule has 0 aliphatic carbocycles. The van der Waals surface area contributed by atoms with Crippen molar-refractivity contribution in [2.45, 2.75) is 6.54 Å². The summed E-state index contributed by atoms with van der Waals surface area (Å²) in [6.07, 6.45) is 0.